The number of aliphatic hydroxyl groups excluding tert-OH is 1. The zero-order valence-electron chi connectivity index (χ0n) is 17.2. The molecule has 1 aliphatic heterocycles. The Balaban J connectivity index is 1.55. The van der Waals surface area contributed by atoms with Crippen LogP contribution in [0.5, 0.6) is 0 Å². The molecule has 1 N–H and O–H groups in total. The zero-order valence-corrected chi connectivity index (χ0v) is 17.2. The molecule has 0 spiro atoms. The van der Waals surface area contributed by atoms with E-state index in [-0.39, 0.29) is 18.2 Å². The molecule has 1 heterocycles. The van der Waals surface area contributed by atoms with Crippen molar-refractivity contribution < 1.29 is 27.9 Å². The molecule has 0 aromatic heterocycles. The molecule has 7 rings (SSSR count). The van der Waals surface area contributed by atoms with E-state index < -0.39 is 40.8 Å². The van der Waals surface area contributed by atoms with Crippen molar-refractivity contribution in [1.29, 1.82) is 0 Å². The number of nitrogens with zero attached hydrogens (tertiary/aromatic N) is 1. The van der Waals surface area contributed by atoms with Crippen LogP contribution in [-0.2, 0) is 21.2 Å². The lowest BCUT2D eigenvalue weighted by molar-refractivity contribution is -0.137. The fraction of sp³-hybridized carbons (Fsp3) is 0.231. The Morgan fingerprint density at radius 1 is 0.818 bits per heavy atom. The third kappa shape index (κ3) is 2.40. The standard InChI is InChI=1S/C26H18F3NO3/c27-26(28,29)14-9-11-15(12-10-14)30-23(32)21-20-16-5-1-3-7-18(16)25(13-31,22(21)24(30)33)19-8-4-2-6-17(19)20/h1-12,20-22,31H,13H2/t20?,21-,22+,25?/m0/s1. The number of imide groups is 1. The van der Waals surface area contributed by atoms with Crippen molar-refractivity contribution in [3.8, 4) is 0 Å². The first-order valence-electron chi connectivity index (χ1n) is 10.7. The van der Waals surface area contributed by atoms with Crippen molar-refractivity contribution in [2.75, 3.05) is 11.5 Å². The summed E-state index contributed by atoms with van der Waals surface area (Å²) in [6, 6.07) is 19.1. The van der Waals surface area contributed by atoms with Crippen molar-refractivity contribution in [3.05, 3.63) is 101 Å². The number of alkyl halides is 3. The molecule has 3 aromatic carbocycles. The van der Waals surface area contributed by atoms with Crippen molar-refractivity contribution in [3.63, 3.8) is 0 Å². The highest BCUT2D eigenvalue weighted by atomic mass is 19.4. The molecule has 0 saturated carbocycles. The topological polar surface area (TPSA) is 57.6 Å². The first kappa shape index (κ1) is 20.2. The molecular formula is C26H18F3NO3. The highest BCUT2D eigenvalue weighted by molar-refractivity contribution is 6.23. The summed E-state index contributed by atoms with van der Waals surface area (Å²) in [7, 11) is 0. The molecule has 4 nitrogen and oxygen atoms in total. The summed E-state index contributed by atoms with van der Waals surface area (Å²) in [5, 5.41) is 10.8. The van der Waals surface area contributed by atoms with Crippen LogP contribution in [0.3, 0.4) is 0 Å². The van der Waals surface area contributed by atoms with E-state index in [0.29, 0.717) is 0 Å². The molecule has 0 radical (unpaired) electrons. The highest BCUT2D eigenvalue weighted by Gasteiger charge is 2.68. The van der Waals surface area contributed by atoms with Gasteiger partial charge in [-0.1, -0.05) is 48.5 Å². The van der Waals surface area contributed by atoms with Crippen LogP contribution in [0.2, 0.25) is 0 Å². The smallest absolute Gasteiger partial charge is 0.395 e. The van der Waals surface area contributed by atoms with Gasteiger partial charge in [-0.15, -0.1) is 0 Å². The largest absolute Gasteiger partial charge is 0.416 e. The van der Waals surface area contributed by atoms with Crippen LogP contribution < -0.4 is 4.90 Å². The molecule has 33 heavy (non-hydrogen) atoms. The second-order valence-corrected chi connectivity index (χ2v) is 8.84. The van der Waals surface area contributed by atoms with Gasteiger partial charge < -0.3 is 5.11 Å². The molecule has 2 bridgehead atoms. The number of halogens is 3. The van der Waals surface area contributed by atoms with Crippen molar-refractivity contribution in [2.24, 2.45) is 11.8 Å². The second-order valence-electron chi connectivity index (χ2n) is 8.84. The fourth-order valence-electron chi connectivity index (χ4n) is 6.25. The highest BCUT2D eigenvalue weighted by Crippen LogP contribution is 2.64. The van der Waals surface area contributed by atoms with Crippen molar-refractivity contribution >= 4 is 17.5 Å². The predicted octanol–water partition coefficient (Wildman–Crippen LogP) is 4.25. The van der Waals surface area contributed by atoms with Gasteiger partial charge in [-0.25, -0.2) is 4.90 Å². The molecule has 0 unspecified atom stereocenters. The van der Waals surface area contributed by atoms with Crippen LogP contribution in [-0.4, -0.2) is 23.5 Å². The van der Waals surface area contributed by atoms with Crippen LogP contribution in [0.25, 0.3) is 0 Å². The number of anilines is 1. The second kappa shape index (κ2) is 6.54. The van der Waals surface area contributed by atoms with Crippen LogP contribution in [0.15, 0.2) is 72.8 Å². The van der Waals surface area contributed by atoms with E-state index >= 15 is 0 Å². The number of aliphatic hydroxyl groups is 1. The Bertz CT molecular complexity index is 1270. The zero-order chi connectivity index (χ0) is 23.1. The van der Waals surface area contributed by atoms with Gasteiger partial charge in [0.1, 0.15) is 0 Å². The average Bonchev–Trinajstić information content (AvgIpc) is 3.09. The summed E-state index contributed by atoms with van der Waals surface area (Å²) in [4.78, 5) is 28.5. The fourth-order valence-corrected chi connectivity index (χ4v) is 6.25. The maximum absolute atomic E-state index is 13.8. The predicted molar refractivity (Wildman–Crippen MR) is 114 cm³/mol. The van der Waals surface area contributed by atoms with E-state index in [2.05, 4.69) is 0 Å². The van der Waals surface area contributed by atoms with E-state index in [1.54, 1.807) is 0 Å². The quantitative estimate of drug-likeness (QED) is 0.596. The van der Waals surface area contributed by atoms with Gasteiger partial charge >= 0.3 is 6.18 Å². The Morgan fingerprint density at radius 2 is 1.36 bits per heavy atom. The van der Waals surface area contributed by atoms with Gasteiger partial charge in [0.05, 0.1) is 35.1 Å². The molecular weight excluding hydrogens is 431 g/mol. The summed E-state index contributed by atoms with van der Waals surface area (Å²) in [6.45, 7) is -0.366. The Morgan fingerprint density at radius 3 is 1.88 bits per heavy atom. The van der Waals surface area contributed by atoms with Gasteiger partial charge in [-0.2, -0.15) is 13.2 Å². The molecule has 1 fully saturated rings. The number of hydrogen-bond acceptors (Lipinski definition) is 3. The SMILES string of the molecule is O=C1[C@H]2C3c4ccccc4C(CO)(c4ccccc43)[C@H]2C(=O)N1c1ccc(C(F)(F)F)cc1. The van der Waals surface area contributed by atoms with Crippen LogP contribution in [0.4, 0.5) is 18.9 Å². The van der Waals surface area contributed by atoms with E-state index in [0.717, 1.165) is 51.4 Å². The molecule has 4 aliphatic rings. The van der Waals surface area contributed by atoms with E-state index in [1.807, 2.05) is 48.5 Å². The van der Waals surface area contributed by atoms with Crippen molar-refractivity contribution in [1.82, 2.24) is 0 Å². The molecule has 166 valence electrons. The van der Waals surface area contributed by atoms with Gasteiger partial charge in [0.25, 0.3) is 0 Å². The minimum absolute atomic E-state index is 0.105. The van der Waals surface area contributed by atoms with E-state index in [1.165, 1.54) is 0 Å². The average molecular weight is 449 g/mol. The number of rotatable bonds is 2. The van der Waals surface area contributed by atoms with Gasteiger partial charge in [0.15, 0.2) is 0 Å². The lowest BCUT2D eigenvalue weighted by Crippen LogP contribution is -2.55. The van der Waals surface area contributed by atoms with Crippen molar-refractivity contribution in [2.45, 2.75) is 17.5 Å². The van der Waals surface area contributed by atoms with E-state index in [9.17, 15) is 27.9 Å². The van der Waals surface area contributed by atoms with Crippen LogP contribution in [0, 0.1) is 11.8 Å². The first-order chi connectivity index (χ1) is 15.8. The molecule has 3 aliphatic carbocycles. The molecule has 3 aromatic rings. The first-order valence-corrected chi connectivity index (χ1v) is 10.7. The number of carbonyl (C=O) groups is 2. The minimum atomic E-state index is -4.52. The Kier molecular flexibility index (Phi) is 4.00. The summed E-state index contributed by atoms with van der Waals surface area (Å²) in [6.07, 6.45) is -4.52. The van der Waals surface area contributed by atoms with Crippen LogP contribution >= 0.6 is 0 Å². The number of hydrogen-bond donors (Lipinski definition) is 1. The maximum atomic E-state index is 13.8. The number of amides is 2. The number of benzene rings is 3. The lowest BCUT2D eigenvalue weighted by atomic mass is 9.47. The number of carbonyl (C=O) groups excluding carboxylic acids is 2. The summed E-state index contributed by atoms with van der Waals surface area (Å²) in [5.74, 6) is -2.89. The lowest BCUT2D eigenvalue weighted by Gasteiger charge is -2.53. The summed E-state index contributed by atoms with van der Waals surface area (Å²) >= 11 is 0. The Hall–Kier alpha value is -3.45. The summed E-state index contributed by atoms with van der Waals surface area (Å²) in [5.41, 5.74) is 1.62. The van der Waals surface area contributed by atoms with E-state index in [4.69, 9.17) is 0 Å². The monoisotopic (exact) mass is 449 g/mol. The van der Waals surface area contributed by atoms with Gasteiger partial charge in [0, 0.05) is 5.92 Å². The Labute approximate surface area is 187 Å². The molecule has 7 heteroatoms. The third-order valence-corrected chi connectivity index (χ3v) is 7.50. The van der Waals surface area contributed by atoms with Gasteiger partial charge in [-0.05, 0) is 46.5 Å². The van der Waals surface area contributed by atoms with Gasteiger partial charge in [-0.3, -0.25) is 9.59 Å². The normalized spacial score (nSPS) is 27.4. The third-order valence-electron chi connectivity index (χ3n) is 7.50. The molecule has 2 atom stereocenters. The molecule has 1 saturated heterocycles. The summed E-state index contributed by atoms with van der Waals surface area (Å²) < 4.78 is 39.1. The molecule has 2 amide bonds. The van der Waals surface area contributed by atoms with Crippen LogP contribution in [0.1, 0.15) is 33.7 Å². The minimum Gasteiger partial charge on any atom is -0.395 e. The van der Waals surface area contributed by atoms with Gasteiger partial charge in [0.2, 0.25) is 11.8 Å². The maximum Gasteiger partial charge on any atom is 0.416 e.